The molecule has 1 N–H and O–H groups in total. The number of nitrogens with one attached hydrogen (secondary N) is 1. The number of benzene rings is 1. The maximum absolute atomic E-state index is 12.4. The molecule has 0 bridgehead atoms. The maximum atomic E-state index is 12.4. The van der Waals surface area contributed by atoms with Gasteiger partial charge < -0.3 is 19.0 Å². The Labute approximate surface area is 158 Å². The molecule has 6 heteroatoms. The van der Waals surface area contributed by atoms with Crippen LogP contribution in [0.3, 0.4) is 0 Å². The number of nitrogens with zero attached hydrogens (tertiary/aromatic N) is 1. The van der Waals surface area contributed by atoms with Crippen LogP contribution in [0.4, 0.5) is 5.82 Å². The molecule has 6 nitrogen and oxygen atoms in total. The number of hydrogen-bond acceptors (Lipinski definition) is 5. The average molecular weight is 368 g/mol. The highest BCUT2D eigenvalue weighted by Gasteiger charge is 2.19. The molecule has 0 unspecified atom stereocenters. The number of aryl methyl sites for hydroxylation is 4. The summed E-state index contributed by atoms with van der Waals surface area (Å²) in [6, 6.07) is 3.69. The summed E-state index contributed by atoms with van der Waals surface area (Å²) in [6.07, 6.45) is 1.54. The number of ether oxygens (including phenoxy) is 1. The van der Waals surface area contributed by atoms with Gasteiger partial charge in [-0.15, -0.1) is 0 Å². The third-order valence-corrected chi connectivity index (χ3v) is 4.59. The molecule has 0 fully saturated rings. The zero-order chi connectivity index (χ0) is 19.7. The summed E-state index contributed by atoms with van der Waals surface area (Å²) in [7, 11) is 0. The molecule has 1 aromatic carbocycles. The van der Waals surface area contributed by atoms with Gasteiger partial charge in [0.2, 0.25) is 5.91 Å². The lowest BCUT2D eigenvalue weighted by atomic mass is 9.98. The number of fused-ring (bicyclic) bond motifs is 1. The van der Waals surface area contributed by atoms with Crippen LogP contribution in [0, 0.1) is 27.7 Å². The van der Waals surface area contributed by atoms with Crippen molar-refractivity contribution in [3.05, 3.63) is 46.4 Å². The van der Waals surface area contributed by atoms with E-state index in [4.69, 9.17) is 13.7 Å². The van der Waals surface area contributed by atoms with Gasteiger partial charge in [-0.1, -0.05) is 5.16 Å². The van der Waals surface area contributed by atoms with Crippen molar-refractivity contribution in [3.63, 3.8) is 0 Å². The van der Waals surface area contributed by atoms with Crippen molar-refractivity contribution in [2.24, 2.45) is 0 Å². The number of rotatable bonds is 5. The number of aromatic nitrogens is 1. The number of carbonyl (C=O) groups excluding carboxylic acids is 1. The molecule has 142 valence electrons. The normalized spacial score (nSPS) is 11.9. The first-order valence-corrected chi connectivity index (χ1v) is 8.90. The Morgan fingerprint density at radius 3 is 2.59 bits per heavy atom. The molecule has 0 radical (unpaired) electrons. The fourth-order valence-corrected chi connectivity index (χ4v) is 3.10. The van der Waals surface area contributed by atoms with E-state index in [1.807, 2.05) is 40.7 Å². The summed E-state index contributed by atoms with van der Waals surface area (Å²) in [5.74, 6) is 2.36. The maximum Gasteiger partial charge on any atom is 0.249 e. The van der Waals surface area contributed by atoms with E-state index in [1.54, 1.807) is 13.0 Å². The first-order chi connectivity index (χ1) is 12.8. The third-order valence-electron chi connectivity index (χ3n) is 4.59. The Bertz CT molecular complexity index is 1040. The smallest absolute Gasteiger partial charge is 0.249 e. The van der Waals surface area contributed by atoms with Gasteiger partial charge in [0, 0.05) is 28.7 Å². The average Bonchev–Trinajstić information content (AvgIpc) is 3.14. The van der Waals surface area contributed by atoms with Crippen molar-refractivity contribution in [2.45, 2.75) is 41.5 Å². The molecule has 0 aliphatic carbocycles. The van der Waals surface area contributed by atoms with Gasteiger partial charge in [-0.05, 0) is 58.7 Å². The first kappa shape index (κ1) is 18.8. The highest BCUT2D eigenvalue weighted by atomic mass is 16.5. The highest BCUT2D eigenvalue weighted by Crippen LogP contribution is 2.38. The van der Waals surface area contributed by atoms with Crippen LogP contribution in [-0.2, 0) is 4.79 Å². The minimum absolute atomic E-state index is 0.277. The van der Waals surface area contributed by atoms with Crippen LogP contribution in [0.25, 0.3) is 16.5 Å². The molecule has 0 saturated carbocycles. The second-order valence-electron chi connectivity index (χ2n) is 6.61. The fraction of sp³-hybridized carbons (Fsp3) is 0.333. The Balaban J connectivity index is 2.03. The number of allylic oxidation sites excluding steroid dienone is 1. The summed E-state index contributed by atoms with van der Waals surface area (Å²) in [5.41, 5.74) is 4.51. The van der Waals surface area contributed by atoms with E-state index >= 15 is 0 Å². The van der Waals surface area contributed by atoms with Gasteiger partial charge in [-0.2, -0.15) is 0 Å². The topological polar surface area (TPSA) is 77.5 Å². The lowest BCUT2D eigenvalue weighted by Gasteiger charge is -2.14. The van der Waals surface area contributed by atoms with Crippen LogP contribution in [0.2, 0.25) is 0 Å². The van der Waals surface area contributed by atoms with E-state index in [1.165, 1.54) is 6.08 Å². The number of anilines is 1. The Morgan fingerprint density at radius 1 is 1.22 bits per heavy atom. The molecule has 0 aliphatic rings. The van der Waals surface area contributed by atoms with Crippen molar-refractivity contribution in [1.82, 2.24) is 5.16 Å². The van der Waals surface area contributed by atoms with Crippen LogP contribution in [0.15, 0.2) is 27.1 Å². The summed E-state index contributed by atoms with van der Waals surface area (Å²) >= 11 is 0. The Kier molecular flexibility index (Phi) is 5.08. The van der Waals surface area contributed by atoms with Gasteiger partial charge in [0.15, 0.2) is 5.82 Å². The minimum atomic E-state index is -0.277. The van der Waals surface area contributed by atoms with Crippen molar-refractivity contribution in [1.29, 1.82) is 0 Å². The summed E-state index contributed by atoms with van der Waals surface area (Å²) in [4.78, 5) is 12.4. The van der Waals surface area contributed by atoms with E-state index < -0.39 is 0 Å². The molecule has 0 atom stereocenters. The predicted octanol–water partition coefficient (Wildman–Crippen LogP) is 5.10. The molecular formula is C21H24N2O4. The van der Waals surface area contributed by atoms with Crippen molar-refractivity contribution >= 4 is 28.3 Å². The molecule has 0 aliphatic heterocycles. The Morgan fingerprint density at radius 2 is 1.96 bits per heavy atom. The number of hydrogen-bond donors (Lipinski definition) is 1. The van der Waals surface area contributed by atoms with Crippen LogP contribution in [0.5, 0.6) is 5.75 Å². The van der Waals surface area contributed by atoms with Gasteiger partial charge in [0.1, 0.15) is 22.9 Å². The minimum Gasteiger partial charge on any atom is -0.493 e. The van der Waals surface area contributed by atoms with E-state index in [-0.39, 0.29) is 5.91 Å². The molecule has 3 aromatic rings. The second kappa shape index (κ2) is 7.31. The van der Waals surface area contributed by atoms with Gasteiger partial charge >= 0.3 is 0 Å². The second-order valence-corrected chi connectivity index (χ2v) is 6.61. The van der Waals surface area contributed by atoms with Crippen LogP contribution >= 0.6 is 0 Å². The number of furan rings is 1. The lowest BCUT2D eigenvalue weighted by Crippen LogP contribution is -2.09. The van der Waals surface area contributed by atoms with E-state index in [0.717, 1.165) is 44.7 Å². The molecule has 0 spiro atoms. The zero-order valence-electron chi connectivity index (χ0n) is 16.5. The SMILES string of the molecule is CCOc1c(/C(C)=C/C(=O)Nc2cc(C)on2)cc2c(C)c(C)oc2c1C. The molecule has 2 heterocycles. The van der Waals surface area contributed by atoms with Gasteiger partial charge in [0.05, 0.1) is 6.61 Å². The Hall–Kier alpha value is -3.02. The fourth-order valence-electron chi connectivity index (χ4n) is 3.10. The molecule has 27 heavy (non-hydrogen) atoms. The number of carbonyl (C=O) groups is 1. The predicted molar refractivity (Wildman–Crippen MR) is 105 cm³/mol. The van der Waals surface area contributed by atoms with Gasteiger partial charge in [-0.3, -0.25) is 4.79 Å². The monoisotopic (exact) mass is 368 g/mol. The van der Waals surface area contributed by atoms with E-state index in [9.17, 15) is 4.79 Å². The van der Waals surface area contributed by atoms with E-state index in [0.29, 0.717) is 18.2 Å². The summed E-state index contributed by atoms with van der Waals surface area (Å²) in [6.45, 7) is 12.1. The van der Waals surface area contributed by atoms with E-state index in [2.05, 4.69) is 10.5 Å². The largest absolute Gasteiger partial charge is 0.493 e. The van der Waals surface area contributed by atoms with Crippen molar-refractivity contribution in [3.8, 4) is 5.75 Å². The molecule has 1 amide bonds. The zero-order valence-corrected chi connectivity index (χ0v) is 16.5. The van der Waals surface area contributed by atoms with Crippen molar-refractivity contribution in [2.75, 3.05) is 11.9 Å². The quantitative estimate of drug-likeness (QED) is 0.634. The third kappa shape index (κ3) is 3.60. The van der Waals surface area contributed by atoms with Gasteiger partial charge in [-0.25, -0.2) is 0 Å². The summed E-state index contributed by atoms with van der Waals surface area (Å²) < 4.78 is 16.8. The molecular weight excluding hydrogens is 344 g/mol. The molecule has 3 rings (SSSR count). The molecule has 2 aromatic heterocycles. The summed E-state index contributed by atoms with van der Waals surface area (Å²) in [5, 5.41) is 7.51. The van der Waals surface area contributed by atoms with Crippen molar-refractivity contribution < 1.29 is 18.5 Å². The molecule has 0 saturated heterocycles. The standard InChI is InChI=1S/C21H24N2O4/c1-7-25-20-14(5)21-17(13(4)15(6)26-21)10-16(20)11(2)8-19(24)22-18-9-12(3)27-23-18/h8-10H,7H2,1-6H3,(H,22,23,24)/b11-8+. The highest BCUT2D eigenvalue weighted by molar-refractivity contribution is 6.04. The van der Waals surface area contributed by atoms with Crippen LogP contribution < -0.4 is 10.1 Å². The first-order valence-electron chi connectivity index (χ1n) is 8.90. The number of amides is 1. The van der Waals surface area contributed by atoms with Gasteiger partial charge in [0.25, 0.3) is 0 Å². The van der Waals surface area contributed by atoms with Crippen LogP contribution in [0.1, 0.15) is 42.1 Å². The van der Waals surface area contributed by atoms with Crippen LogP contribution in [-0.4, -0.2) is 17.7 Å². The lowest BCUT2D eigenvalue weighted by molar-refractivity contribution is -0.111.